The van der Waals surface area contributed by atoms with Gasteiger partial charge >= 0.3 is 17.9 Å². The zero-order valence-corrected chi connectivity index (χ0v) is 25.9. The molecular weight excluding hydrogens is 566 g/mol. The molecule has 0 aliphatic carbocycles. The molecule has 12 heteroatoms. The molecule has 1 aliphatic heterocycles. The summed E-state index contributed by atoms with van der Waals surface area (Å²) >= 11 is 0. The Labute approximate surface area is 257 Å². The van der Waals surface area contributed by atoms with Gasteiger partial charge in [-0.25, -0.2) is 9.78 Å². The first-order chi connectivity index (χ1) is 20.5. The number of carboxylic acid groups (broad SMARTS) is 3. The van der Waals surface area contributed by atoms with Crippen molar-refractivity contribution in [2.75, 3.05) is 0 Å². The van der Waals surface area contributed by atoms with Crippen LogP contribution in [0, 0.1) is 6.92 Å². The van der Waals surface area contributed by atoms with Gasteiger partial charge in [-0.2, -0.15) is 0 Å². The van der Waals surface area contributed by atoms with Gasteiger partial charge in [0.05, 0.1) is 18.5 Å². The van der Waals surface area contributed by atoms with Gasteiger partial charge in [-0.1, -0.05) is 18.2 Å². The minimum Gasteiger partial charge on any atom is -0.481 e. The fourth-order valence-electron chi connectivity index (χ4n) is 5.90. The maximum absolute atomic E-state index is 10.3. The third kappa shape index (κ3) is 9.97. The SMILES string of the molecule is Cc1nccn1-c1ccc(CN(Cc2ccccn2)C2CC(C)(C)NC(C)(C)C2)cc1.O=C(O)CC(O)(CC(=O)O)C(=O)O. The average molecular weight is 610 g/mol. The second kappa shape index (κ2) is 14.1. The van der Waals surface area contributed by atoms with Crippen LogP contribution in [0.3, 0.4) is 0 Å². The van der Waals surface area contributed by atoms with Gasteiger partial charge in [0.25, 0.3) is 0 Å². The van der Waals surface area contributed by atoms with E-state index in [0.29, 0.717) is 6.04 Å². The van der Waals surface area contributed by atoms with Crippen LogP contribution in [-0.4, -0.2) is 80.5 Å². The topological polar surface area (TPSA) is 178 Å². The van der Waals surface area contributed by atoms with Crippen molar-refractivity contribution in [3.63, 3.8) is 0 Å². The highest BCUT2D eigenvalue weighted by Crippen LogP contribution is 2.33. The summed E-state index contributed by atoms with van der Waals surface area (Å²) < 4.78 is 2.12. The van der Waals surface area contributed by atoms with E-state index in [9.17, 15) is 14.4 Å². The molecule has 0 bridgehead atoms. The number of pyridine rings is 1. The van der Waals surface area contributed by atoms with Crippen molar-refractivity contribution in [1.29, 1.82) is 0 Å². The van der Waals surface area contributed by atoms with E-state index in [1.807, 2.05) is 31.6 Å². The number of nitrogens with zero attached hydrogens (tertiary/aromatic N) is 4. The molecule has 4 rings (SSSR count). The lowest BCUT2D eigenvalue weighted by Crippen LogP contribution is -2.62. The summed E-state index contributed by atoms with van der Waals surface area (Å²) in [6.07, 6.45) is 5.70. The molecule has 0 atom stereocenters. The first kappa shape index (κ1) is 34.4. The van der Waals surface area contributed by atoms with E-state index in [0.717, 1.165) is 43.1 Å². The number of nitrogens with one attached hydrogen (secondary N) is 1. The molecule has 1 aromatic carbocycles. The highest BCUT2D eigenvalue weighted by atomic mass is 16.4. The molecule has 12 nitrogen and oxygen atoms in total. The first-order valence-electron chi connectivity index (χ1n) is 14.4. The number of aliphatic carboxylic acids is 3. The highest BCUT2D eigenvalue weighted by molar-refractivity contribution is 5.88. The fraction of sp³-hybridized carbons (Fsp3) is 0.469. The molecular formula is C32H43N5O7. The van der Waals surface area contributed by atoms with Crippen LogP contribution < -0.4 is 5.32 Å². The molecule has 0 saturated carbocycles. The van der Waals surface area contributed by atoms with E-state index in [4.69, 9.17) is 20.4 Å². The molecule has 2 aromatic heterocycles. The second-order valence-corrected chi connectivity index (χ2v) is 12.7. The summed E-state index contributed by atoms with van der Waals surface area (Å²) in [4.78, 5) is 42.1. The number of piperidine rings is 1. The van der Waals surface area contributed by atoms with Crippen molar-refractivity contribution in [2.24, 2.45) is 0 Å². The Morgan fingerprint density at radius 2 is 1.50 bits per heavy atom. The van der Waals surface area contributed by atoms with Gasteiger partial charge in [0, 0.05) is 54.5 Å². The average Bonchev–Trinajstić information content (AvgIpc) is 3.32. The van der Waals surface area contributed by atoms with Gasteiger partial charge in [-0.3, -0.25) is 19.5 Å². The predicted octanol–water partition coefficient (Wildman–Crippen LogP) is 3.64. The number of carboxylic acids is 3. The van der Waals surface area contributed by atoms with Gasteiger partial charge in [-0.15, -0.1) is 0 Å². The summed E-state index contributed by atoms with van der Waals surface area (Å²) in [5.41, 5.74) is 1.08. The van der Waals surface area contributed by atoms with Gasteiger partial charge in [0.1, 0.15) is 5.82 Å². The number of aryl methyl sites for hydroxylation is 1. The predicted molar refractivity (Wildman–Crippen MR) is 163 cm³/mol. The Bertz CT molecular complexity index is 1390. The van der Waals surface area contributed by atoms with Crippen LogP contribution in [0.25, 0.3) is 5.69 Å². The molecule has 0 amide bonds. The van der Waals surface area contributed by atoms with Crippen LogP contribution in [-0.2, 0) is 27.5 Å². The number of rotatable bonds is 11. The normalized spacial score (nSPS) is 16.2. The molecule has 44 heavy (non-hydrogen) atoms. The Hall–Kier alpha value is -4.13. The Morgan fingerprint density at radius 1 is 0.909 bits per heavy atom. The van der Waals surface area contributed by atoms with Gasteiger partial charge in [0.2, 0.25) is 0 Å². The van der Waals surface area contributed by atoms with E-state index >= 15 is 0 Å². The Kier molecular flexibility index (Phi) is 11.0. The smallest absolute Gasteiger partial charge is 0.336 e. The van der Waals surface area contributed by atoms with Crippen molar-refractivity contribution in [1.82, 2.24) is 24.8 Å². The quantitative estimate of drug-likeness (QED) is 0.214. The zero-order chi connectivity index (χ0) is 32.7. The van der Waals surface area contributed by atoms with E-state index in [-0.39, 0.29) is 11.1 Å². The summed E-state index contributed by atoms with van der Waals surface area (Å²) in [6.45, 7) is 13.1. The first-order valence-corrected chi connectivity index (χ1v) is 14.4. The minimum absolute atomic E-state index is 0.109. The van der Waals surface area contributed by atoms with E-state index in [1.54, 1.807) is 0 Å². The van der Waals surface area contributed by atoms with Crippen LogP contribution in [0.15, 0.2) is 61.1 Å². The van der Waals surface area contributed by atoms with Gasteiger partial charge in [0.15, 0.2) is 5.60 Å². The monoisotopic (exact) mass is 609 g/mol. The number of carbonyl (C=O) groups is 3. The Balaban J connectivity index is 0.000000345. The van der Waals surface area contributed by atoms with Crippen molar-refractivity contribution in [3.8, 4) is 5.69 Å². The molecule has 0 spiro atoms. The largest absolute Gasteiger partial charge is 0.481 e. The van der Waals surface area contributed by atoms with Crippen molar-refractivity contribution in [2.45, 2.75) is 96.1 Å². The number of aromatic nitrogens is 3. The van der Waals surface area contributed by atoms with Gasteiger partial charge < -0.3 is 30.3 Å². The van der Waals surface area contributed by atoms with E-state index < -0.39 is 36.4 Å². The van der Waals surface area contributed by atoms with Crippen molar-refractivity contribution < 1.29 is 34.8 Å². The number of hydrogen-bond acceptors (Lipinski definition) is 8. The molecule has 1 fully saturated rings. The summed E-state index contributed by atoms with van der Waals surface area (Å²) in [5.74, 6) is -4.02. The third-order valence-corrected chi connectivity index (χ3v) is 7.49. The standard InChI is InChI=1S/C26H35N5.C6H8O7/c1-20-27-14-15-31(20)23-11-9-21(10-12-23)18-30(19-22-8-6-7-13-28-22)24-16-25(2,3)29-26(4,5)17-24;7-3(8)1-6(13,5(11)12)2-4(9)10/h6-15,24,29H,16-19H2,1-5H3;13H,1-2H2,(H,7,8)(H,9,10)(H,11,12). The van der Waals surface area contributed by atoms with E-state index in [1.165, 1.54) is 5.56 Å². The summed E-state index contributed by atoms with van der Waals surface area (Å²) in [6, 6.07) is 15.6. The van der Waals surface area contributed by atoms with Crippen LogP contribution in [0.5, 0.6) is 0 Å². The molecule has 3 heterocycles. The minimum atomic E-state index is -2.74. The lowest BCUT2D eigenvalue weighted by molar-refractivity contribution is -0.170. The van der Waals surface area contributed by atoms with Crippen LogP contribution in [0.1, 0.15) is 70.5 Å². The molecule has 0 unspecified atom stereocenters. The third-order valence-electron chi connectivity index (χ3n) is 7.49. The highest BCUT2D eigenvalue weighted by Gasteiger charge is 2.41. The molecule has 238 valence electrons. The zero-order valence-electron chi connectivity index (χ0n) is 25.9. The number of hydrogen-bond donors (Lipinski definition) is 5. The number of benzene rings is 1. The number of imidazole rings is 1. The molecule has 1 saturated heterocycles. The van der Waals surface area contributed by atoms with Crippen LogP contribution in [0.2, 0.25) is 0 Å². The Morgan fingerprint density at radius 3 is 1.95 bits per heavy atom. The molecule has 1 aliphatic rings. The van der Waals surface area contributed by atoms with Crippen molar-refractivity contribution >= 4 is 17.9 Å². The van der Waals surface area contributed by atoms with Gasteiger partial charge in [-0.05, 0) is 77.3 Å². The maximum atomic E-state index is 10.3. The fourth-order valence-corrected chi connectivity index (χ4v) is 5.90. The van der Waals surface area contributed by atoms with Crippen LogP contribution in [0.4, 0.5) is 0 Å². The molecule has 3 aromatic rings. The lowest BCUT2D eigenvalue weighted by Gasteiger charge is -2.49. The maximum Gasteiger partial charge on any atom is 0.336 e. The number of aliphatic hydroxyl groups is 1. The van der Waals surface area contributed by atoms with Crippen molar-refractivity contribution in [3.05, 3.63) is 78.1 Å². The van der Waals surface area contributed by atoms with Crippen LogP contribution >= 0.6 is 0 Å². The second-order valence-electron chi connectivity index (χ2n) is 12.7. The molecule has 0 radical (unpaired) electrons. The lowest BCUT2D eigenvalue weighted by atomic mass is 9.79. The summed E-state index contributed by atoms with van der Waals surface area (Å²) in [5, 5.41) is 37.6. The summed E-state index contributed by atoms with van der Waals surface area (Å²) in [7, 11) is 0. The molecule has 5 N–H and O–H groups in total. The van der Waals surface area contributed by atoms with E-state index in [2.05, 4.69) is 88.8 Å².